The number of pyridine rings is 1. The molecule has 5 heteroatoms. The first kappa shape index (κ1) is 14.1. The Morgan fingerprint density at radius 2 is 2.33 bits per heavy atom. The van der Waals surface area contributed by atoms with Gasteiger partial charge in [-0.15, -0.1) is 0 Å². The summed E-state index contributed by atoms with van der Waals surface area (Å²) in [5.74, 6) is 0.709. The number of Topliss-reactive ketones (excluding diaryl/α,β-unsaturated/α-hetero) is 1. The lowest BCUT2D eigenvalue weighted by Crippen LogP contribution is -2.29. The van der Waals surface area contributed by atoms with Gasteiger partial charge in [-0.1, -0.05) is 0 Å². The number of hydrogen-bond acceptors (Lipinski definition) is 5. The fourth-order valence-electron chi connectivity index (χ4n) is 1.54. The van der Waals surface area contributed by atoms with Crippen molar-refractivity contribution in [1.82, 2.24) is 4.98 Å². The topological polar surface area (TPSA) is 66.2 Å². The lowest BCUT2D eigenvalue weighted by molar-refractivity contribution is 0.101. The molecule has 0 fully saturated rings. The molecule has 0 saturated carbocycles. The molecular weight excluding hydrogens is 230 g/mol. The van der Waals surface area contributed by atoms with E-state index in [2.05, 4.69) is 11.1 Å². The predicted octanol–water partition coefficient (Wildman–Crippen LogP) is 1.65. The summed E-state index contributed by atoms with van der Waals surface area (Å²) in [6.45, 7) is 3.30. The Labute approximate surface area is 107 Å². The minimum absolute atomic E-state index is 0.00521. The number of carbonyl (C=O) groups excluding carboxylic acids is 1. The number of carbonyl (C=O) groups is 1. The van der Waals surface area contributed by atoms with Crippen LogP contribution in [0.5, 0.6) is 0 Å². The van der Waals surface area contributed by atoms with Gasteiger partial charge in [-0.3, -0.25) is 4.79 Å². The van der Waals surface area contributed by atoms with Crippen molar-refractivity contribution in [3.63, 3.8) is 0 Å². The maximum atomic E-state index is 11.3. The van der Waals surface area contributed by atoms with Crippen LogP contribution >= 0.6 is 0 Å². The van der Waals surface area contributed by atoms with Crippen LogP contribution in [0.3, 0.4) is 0 Å². The summed E-state index contributed by atoms with van der Waals surface area (Å²) in [6.07, 6.45) is 2.02. The van der Waals surface area contributed by atoms with Crippen molar-refractivity contribution in [3.05, 3.63) is 23.9 Å². The highest BCUT2D eigenvalue weighted by Gasteiger charge is 2.09. The maximum absolute atomic E-state index is 11.3. The second-order valence-electron chi connectivity index (χ2n) is 3.85. The number of anilines is 1. The zero-order chi connectivity index (χ0) is 13.4. The number of rotatable bonds is 7. The van der Waals surface area contributed by atoms with Crippen molar-refractivity contribution >= 4 is 11.6 Å². The number of hydrogen-bond donors (Lipinski definition) is 0. The molecule has 96 valence electrons. The Balaban J connectivity index is 2.86. The van der Waals surface area contributed by atoms with Gasteiger partial charge in [0.05, 0.1) is 19.1 Å². The molecule has 1 rings (SSSR count). The van der Waals surface area contributed by atoms with E-state index in [-0.39, 0.29) is 5.78 Å². The van der Waals surface area contributed by atoms with Crippen LogP contribution in [0, 0.1) is 11.3 Å². The highest BCUT2D eigenvalue weighted by Crippen LogP contribution is 2.13. The third-order valence-electron chi connectivity index (χ3n) is 2.53. The van der Waals surface area contributed by atoms with Gasteiger partial charge in [0, 0.05) is 32.0 Å². The summed E-state index contributed by atoms with van der Waals surface area (Å²) in [4.78, 5) is 17.5. The minimum atomic E-state index is 0.00521. The SMILES string of the molecule is COCCN(CCC#N)c1cc(C(C)=O)ccn1. The molecule has 0 bridgehead atoms. The van der Waals surface area contributed by atoms with Crippen LogP contribution in [0.4, 0.5) is 5.82 Å². The third kappa shape index (κ3) is 4.15. The summed E-state index contributed by atoms with van der Waals surface area (Å²) in [7, 11) is 1.63. The van der Waals surface area contributed by atoms with Crippen LogP contribution in [0.15, 0.2) is 18.3 Å². The molecule has 0 atom stereocenters. The lowest BCUT2D eigenvalue weighted by Gasteiger charge is -2.22. The van der Waals surface area contributed by atoms with Crippen molar-refractivity contribution in [2.24, 2.45) is 0 Å². The van der Waals surface area contributed by atoms with E-state index < -0.39 is 0 Å². The van der Waals surface area contributed by atoms with E-state index in [0.29, 0.717) is 37.5 Å². The first-order valence-electron chi connectivity index (χ1n) is 5.77. The molecule has 1 aromatic heterocycles. The van der Waals surface area contributed by atoms with E-state index in [1.165, 1.54) is 6.92 Å². The average Bonchev–Trinajstić information content (AvgIpc) is 2.39. The lowest BCUT2D eigenvalue weighted by atomic mass is 10.2. The molecule has 1 aromatic rings. The normalized spacial score (nSPS) is 9.83. The summed E-state index contributed by atoms with van der Waals surface area (Å²) in [6, 6.07) is 5.54. The van der Waals surface area contributed by atoms with Crippen LogP contribution in [0.25, 0.3) is 0 Å². The molecule has 0 amide bonds. The first-order chi connectivity index (χ1) is 8.69. The Hall–Kier alpha value is -1.93. The molecule has 0 spiro atoms. The number of aromatic nitrogens is 1. The minimum Gasteiger partial charge on any atom is -0.383 e. The molecule has 0 unspecified atom stereocenters. The molecule has 0 aliphatic heterocycles. The third-order valence-corrected chi connectivity index (χ3v) is 2.53. The smallest absolute Gasteiger partial charge is 0.159 e. The number of methoxy groups -OCH3 is 1. The van der Waals surface area contributed by atoms with Crippen LogP contribution in [-0.4, -0.2) is 37.6 Å². The predicted molar refractivity (Wildman–Crippen MR) is 68.6 cm³/mol. The number of nitrogens with zero attached hydrogens (tertiary/aromatic N) is 3. The number of ketones is 1. The Kier molecular flexibility index (Phi) is 5.81. The fraction of sp³-hybridized carbons (Fsp3) is 0.462. The van der Waals surface area contributed by atoms with Crippen LogP contribution in [0.1, 0.15) is 23.7 Å². The van der Waals surface area contributed by atoms with Gasteiger partial charge in [0.15, 0.2) is 5.78 Å². The van der Waals surface area contributed by atoms with Crippen molar-refractivity contribution in [1.29, 1.82) is 5.26 Å². The summed E-state index contributed by atoms with van der Waals surface area (Å²) in [5, 5.41) is 8.65. The second kappa shape index (κ2) is 7.41. The summed E-state index contributed by atoms with van der Waals surface area (Å²) in [5.41, 5.74) is 0.624. The molecule has 18 heavy (non-hydrogen) atoms. The molecule has 0 radical (unpaired) electrons. The van der Waals surface area contributed by atoms with Gasteiger partial charge < -0.3 is 9.64 Å². The highest BCUT2D eigenvalue weighted by atomic mass is 16.5. The molecule has 5 nitrogen and oxygen atoms in total. The summed E-state index contributed by atoms with van der Waals surface area (Å²) >= 11 is 0. The van der Waals surface area contributed by atoms with E-state index in [1.807, 2.05) is 4.90 Å². The maximum Gasteiger partial charge on any atom is 0.159 e. The van der Waals surface area contributed by atoms with Gasteiger partial charge in [0.1, 0.15) is 5.82 Å². The van der Waals surface area contributed by atoms with E-state index in [0.717, 1.165) is 0 Å². The van der Waals surface area contributed by atoms with E-state index in [9.17, 15) is 4.79 Å². The van der Waals surface area contributed by atoms with Gasteiger partial charge in [0.25, 0.3) is 0 Å². The summed E-state index contributed by atoms with van der Waals surface area (Å²) < 4.78 is 5.03. The van der Waals surface area contributed by atoms with Gasteiger partial charge >= 0.3 is 0 Å². The van der Waals surface area contributed by atoms with E-state index in [1.54, 1.807) is 25.4 Å². The van der Waals surface area contributed by atoms with Crippen molar-refractivity contribution in [2.75, 3.05) is 31.7 Å². The molecule has 0 saturated heterocycles. The van der Waals surface area contributed by atoms with Gasteiger partial charge in [-0.2, -0.15) is 5.26 Å². The van der Waals surface area contributed by atoms with Gasteiger partial charge in [-0.25, -0.2) is 4.98 Å². The monoisotopic (exact) mass is 247 g/mol. The largest absolute Gasteiger partial charge is 0.383 e. The highest BCUT2D eigenvalue weighted by molar-refractivity contribution is 5.94. The molecule has 0 N–H and O–H groups in total. The Morgan fingerprint density at radius 1 is 1.56 bits per heavy atom. The van der Waals surface area contributed by atoms with E-state index in [4.69, 9.17) is 10.00 Å². The first-order valence-corrected chi connectivity index (χ1v) is 5.77. The number of nitriles is 1. The van der Waals surface area contributed by atoms with Gasteiger partial charge in [0.2, 0.25) is 0 Å². The zero-order valence-corrected chi connectivity index (χ0v) is 10.7. The van der Waals surface area contributed by atoms with E-state index >= 15 is 0 Å². The molecule has 0 aliphatic carbocycles. The molecule has 0 aromatic carbocycles. The van der Waals surface area contributed by atoms with Crippen molar-refractivity contribution < 1.29 is 9.53 Å². The standard InChI is InChI=1S/C13H17N3O2/c1-11(17)12-4-6-15-13(10-12)16(7-3-5-14)8-9-18-2/h4,6,10H,3,7-9H2,1-2H3. The molecule has 1 heterocycles. The van der Waals surface area contributed by atoms with Crippen molar-refractivity contribution in [2.45, 2.75) is 13.3 Å². The molecule has 0 aliphatic rings. The Morgan fingerprint density at radius 3 is 2.94 bits per heavy atom. The van der Waals surface area contributed by atoms with Crippen molar-refractivity contribution in [3.8, 4) is 6.07 Å². The number of ether oxygens (including phenoxy) is 1. The average molecular weight is 247 g/mol. The quantitative estimate of drug-likeness (QED) is 0.685. The van der Waals surface area contributed by atoms with Crippen LogP contribution in [-0.2, 0) is 4.74 Å². The molecular formula is C13H17N3O2. The van der Waals surface area contributed by atoms with Crippen LogP contribution in [0.2, 0.25) is 0 Å². The fourth-order valence-corrected chi connectivity index (χ4v) is 1.54. The second-order valence-corrected chi connectivity index (χ2v) is 3.85. The van der Waals surface area contributed by atoms with Crippen LogP contribution < -0.4 is 4.90 Å². The zero-order valence-electron chi connectivity index (χ0n) is 10.7. The Bertz CT molecular complexity index is 440. The van der Waals surface area contributed by atoms with Gasteiger partial charge in [-0.05, 0) is 19.1 Å².